The quantitative estimate of drug-likeness (QED) is 0.670. The van der Waals surface area contributed by atoms with Gasteiger partial charge in [-0.25, -0.2) is 4.68 Å². The largest absolute Gasteiger partial charge is 0.355 e. The number of hydrogen-bond donors (Lipinski definition) is 1. The lowest BCUT2D eigenvalue weighted by atomic mass is 9.90. The first-order valence-corrected chi connectivity index (χ1v) is 10.5. The molecule has 0 atom stereocenters. The Labute approximate surface area is 172 Å². The average molecular weight is 411 g/mol. The van der Waals surface area contributed by atoms with Crippen LogP contribution in [-0.2, 0) is 17.8 Å². The molecule has 1 aromatic carbocycles. The van der Waals surface area contributed by atoms with E-state index in [0.717, 1.165) is 38.2 Å². The molecule has 1 fully saturated rings. The number of piperidine rings is 1. The highest BCUT2D eigenvalue weighted by Crippen LogP contribution is 2.24. The minimum absolute atomic E-state index is 0.156. The predicted molar refractivity (Wildman–Crippen MR) is 112 cm³/mol. The Hall–Kier alpha value is -3.07. The van der Waals surface area contributed by atoms with E-state index in [1.165, 1.54) is 33.2 Å². The van der Waals surface area contributed by atoms with Gasteiger partial charge in [0.05, 0.1) is 0 Å². The number of hydrogen-bond acceptors (Lipinski definition) is 7. The topological polar surface area (TPSA) is 93.0 Å². The van der Waals surface area contributed by atoms with Crippen LogP contribution in [0.25, 0.3) is 0 Å². The molecule has 0 saturated carbocycles. The van der Waals surface area contributed by atoms with Crippen LogP contribution in [0.3, 0.4) is 0 Å². The van der Waals surface area contributed by atoms with Crippen molar-refractivity contribution < 1.29 is 4.79 Å². The molecule has 1 aliphatic heterocycles. The molecule has 1 N–H and O–H groups in total. The maximum absolute atomic E-state index is 12.2. The summed E-state index contributed by atoms with van der Waals surface area (Å²) in [6.45, 7) is 1.62. The second-order valence-electron chi connectivity index (χ2n) is 7.10. The van der Waals surface area contributed by atoms with Crippen molar-refractivity contribution >= 4 is 28.2 Å². The summed E-state index contributed by atoms with van der Waals surface area (Å²) in [5.74, 6) is 1.03. The highest BCUT2D eigenvalue weighted by molar-refractivity contribution is 7.13. The molecule has 1 aliphatic rings. The van der Waals surface area contributed by atoms with Crippen LogP contribution >= 0.6 is 11.3 Å². The molecule has 1 saturated heterocycles. The van der Waals surface area contributed by atoms with Gasteiger partial charge in [0.1, 0.15) is 17.9 Å². The van der Waals surface area contributed by atoms with Crippen molar-refractivity contribution in [3.8, 4) is 0 Å². The predicted octanol–water partition coefficient (Wildman–Crippen LogP) is 2.19. The number of carbonyl (C=O) groups is 1. The number of nitrogens with one attached hydrogen (secondary N) is 1. The molecule has 1 amide bonds. The summed E-state index contributed by atoms with van der Waals surface area (Å²) in [6.07, 6.45) is 3.24. The lowest BCUT2D eigenvalue weighted by Gasteiger charge is -2.33. The normalized spacial score (nSPS) is 14.7. The second kappa shape index (κ2) is 8.95. The van der Waals surface area contributed by atoms with Gasteiger partial charge in [-0.1, -0.05) is 41.7 Å². The van der Waals surface area contributed by atoms with Crippen LogP contribution < -0.4 is 15.8 Å². The summed E-state index contributed by atoms with van der Waals surface area (Å²) in [6, 6.07) is 13.8. The van der Waals surface area contributed by atoms with Crippen LogP contribution in [0.2, 0.25) is 0 Å². The fraction of sp³-hybridized carbons (Fsp3) is 0.350. The molecule has 0 aliphatic carbocycles. The second-order valence-corrected chi connectivity index (χ2v) is 7.93. The maximum Gasteiger partial charge on any atom is 0.267 e. The molecule has 2 aromatic heterocycles. The summed E-state index contributed by atoms with van der Waals surface area (Å²) < 4.78 is 1.20. The Bertz CT molecular complexity index is 997. The van der Waals surface area contributed by atoms with E-state index in [4.69, 9.17) is 0 Å². The zero-order valence-corrected chi connectivity index (χ0v) is 16.7. The summed E-state index contributed by atoms with van der Waals surface area (Å²) in [7, 11) is 0. The zero-order chi connectivity index (χ0) is 20.1. The van der Waals surface area contributed by atoms with Crippen molar-refractivity contribution in [3.05, 3.63) is 63.9 Å². The summed E-state index contributed by atoms with van der Waals surface area (Å²) in [5, 5.41) is 14.9. The number of anilines is 2. The first-order valence-electron chi connectivity index (χ1n) is 9.60. The SMILES string of the molecule is O=C(Cn1nc(N2CCC(Cc3ccccc3)CC2)ccc1=O)Nc1nncs1. The molecule has 9 heteroatoms. The Morgan fingerprint density at radius 2 is 1.93 bits per heavy atom. The van der Waals surface area contributed by atoms with Gasteiger partial charge in [0, 0.05) is 19.2 Å². The molecule has 4 rings (SSSR count). The number of carbonyl (C=O) groups excluding carboxylic acids is 1. The monoisotopic (exact) mass is 410 g/mol. The number of rotatable bonds is 6. The van der Waals surface area contributed by atoms with Crippen molar-refractivity contribution in [3.63, 3.8) is 0 Å². The van der Waals surface area contributed by atoms with Gasteiger partial charge in [-0.15, -0.1) is 10.2 Å². The summed E-state index contributed by atoms with van der Waals surface area (Å²) in [5.41, 5.74) is 2.60. The number of nitrogens with zero attached hydrogens (tertiary/aromatic N) is 5. The molecule has 8 nitrogen and oxygen atoms in total. The Balaban J connectivity index is 1.36. The highest BCUT2D eigenvalue weighted by atomic mass is 32.1. The molecule has 0 spiro atoms. The van der Waals surface area contributed by atoms with Crippen LogP contribution in [0, 0.1) is 5.92 Å². The van der Waals surface area contributed by atoms with E-state index in [0.29, 0.717) is 11.0 Å². The molecular weight excluding hydrogens is 388 g/mol. The maximum atomic E-state index is 12.2. The smallest absolute Gasteiger partial charge is 0.267 e. The minimum atomic E-state index is -0.352. The van der Waals surface area contributed by atoms with Crippen molar-refractivity contribution in [2.24, 2.45) is 5.92 Å². The van der Waals surface area contributed by atoms with Gasteiger partial charge in [0.2, 0.25) is 11.0 Å². The summed E-state index contributed by atoms with van der Waals surface area (Å²) >= 11 is 1.22. The van der Waals surface area contributed by atoms with Crippen LogP contribution in [-0.4, -0.2) is 39.0 Å². The van der Waals surface area contributed by atoms with Gasteiger partial charge in [0.15, 0.2) is 0 Å². The average Bonchev–Trinajstić information content (AvgIpc) is 3.24. The van der Waals surface area contributed by atoms with Gasteiger partial charge in [0.25, 0.3) is 5.56 Å². The van der Waals surface area contributed by atoms with Crippen molar-refractivity contribution in [1.82, 2.24) is 20.0 Å². The van der Waals surface area contributed by atoms with E-state index >= 15 is 0 Å². The molecule has 3 aromatic rings. The third-order valence-corrected chi connectivity index (χ3v) is 5.66. The van der Waals surface area contributed by atoms with E-state index in [9.17, 15) is 9.59 Å². The van der Waals surface area contributed by atoms with Crippen LogP contribution in [0.4, 0.5) is 10.9 Å². The third-order valence-electron chi connectivity index (χ3n) is 5.06. The van der Waals surface area contributed by atoms with Crippen molar-refractivity contribution in [2.75, 3.05) is 23.3 Å². The first-order chi connectivity index (χ1) is 14.2. The van der Waals surface area contributed by atoms with Gasteiger partial charge < -0.3 is 4.90 Å². The lowest BCUT2D eigenvalue weighted by Crippen LogP contribution is -2.37. The first kappa shape index (κ1) is 19.3. The Morgan fingerprint density at radius 3 is 2.66 bits per heavy atom. The van der Waals surface area contributed by atoms with Crippen LogP contribution in [0.1, 0.15) is 18.4 Å². The van der Waals surface area contributed by atoms with Gasteiger partial charge in [-0.3, -0.25) is 14.9 Å². The highest BCUT2D eigenvalue weighted by Gasteiger charge is 2.21. The number of amides is 1. The summed E-state index contributed by atoms with van der Waals surface area (Å²) in [4.78, 5) is 26.5. The molecule has 0 unspecified atom stereocenters. The molecule has 0 bridgehead atoms. The van der Waals surface area contributed by atoms with Gasteiger partial charge in [-0.2, -0.15) is 5.10 Å². The standard InChI is InChI=1S/C20H22N6O2S/c27-18(22-20-23-21-14-29-20)13-26-19(28)7-6-17(24-26)25-10-8-16(9-11-25)12-15-4-2-1-3-5-15/h1-7,14,16H,8-13H2,(H,22,23,27). The molecular formula is C20H22N6O2S. The van der Waals surface area contributed by atoms with E-state index in [-0.39, 0.29) is 18.0 Å². The van der Waals surface area contributed by atoms with Crippen LogP contribution in [0.5, 0.6) is 0 Å². The van der Waals surface area contributed by atoms with Gasteiger partial charge >= 0.3 is 0 Å². The molecule has 3 heterocycles. The van der Waals surface area contributed by atoms with Crippen molar-refractivity contribution in [1.29, 1.82) is 0 Å². The molecule has 150 valence electrons. The van der Waals surface area contributed by atoms with E-state index in [1.807, 2.05) is 6.07 Å². The van der Waals surface area contributed by atoms with E-state index in [1.54, 1.807) is 6.07 Å². The number of aromatic nitrogens is 4. The molecule has 0 radical (unpaired) electrons. The fourth-order valence-corrected chi connectivity index (χ4v) is 4.02. The van der Waals surface area contributed by atoms with Crippen LogP contribution in [0.15, 0.2) is 52.8 Å². The third kappa shape index (κ3) is 5.05. The van der Waals surface area contributed by atoms with Gasteiger partial charge in [-0.05, 0) is 36.8 Å². The Morgan fingerprint density at radius 1 is 1.14 bits per heavy atom. The lowest BCUT2D eigenvalue weighted by molar-refractivity contribution is -0.117. The van der Waals surface area contributed by atoms with E-state index in [2.05, 4.69) is 49.8 Å². The van der Waals surface area contributed by atoms with Crippen molar-refractivity contribution in [2.45, 2.75) is 25.8 Å². The fourth-order valence-electron chi connectivity index (χ4n) is 3.56. The Kier molecular flexibility index (Phi) is 5.95. The zero-order valence-electron chi connectivity index (χ0n) is 15.9. The molecule has 29 heavy (non-hydrogen) atoms. The number of benzene rings is 1. The minimum Gasteiger partial charge on any atom is -0.355 e. The van der Waals surface area contributed by atoms with E-state index < -0.39 is 0 Å².